The molecule has 1 unspecified atom stereocenters. The van der Waals surface area contributed by atoms with Gasteiger partial charge in [0.25, 0.3) is 0 Å². The van der Waals surface area contributed by atoms with Gasteiger partial charge in [0.15, 0.2) is 0 Å². The zero-order chi connectivity index (χ0) is 20.6. The first-order valence-electron chi connectivity index (χ1n) is 10.7. The number of carbonyl (C=O) groups is 2. The standard InChI is InChI=1S/C23H35ClO4/c1-2-3-4-5-6-7-8-9-10-14-19(24)15-13-18-22(25)28-21-17-12-11-16-20(21)23(26)27/h11-12,16-17,19H,2-10,13-15,18H2,1H3,(H,26,27). The van der Waals surface area contributed by atoms with Crippen LogP contribution >= 0.6 is 11.6 Å². The Kier molecular flexibility index (Phi) is 13.5. The molecule has 1 aromatic rings. The number of aromatic carboxylic acids is 1. The van der Waals surface area contributed by atoms with Crippen LogP contribution in [0.1, 0.15) is 101 Å². The first-order chi connectivity index (χ1) is 13.5. The highest BCUT2D eigenvalue weighted by atomic mass is 35.5. The lowest BCUT2D eigenvalue weighted by Crippen LogP contribution is -2.11. The Labute approximate surface area is 174 Å². The molecular weight excluding hydrogens is 376 g/mol. The molecule has 5 heteroatoms. The van der Waals surface area contributed by atoms with E-state index in [1.165, 1.54) is 63.5 Å². The summed E-state index contributed by atoms with van der Waals surface area (Å²) in [7, 11) is 0. The summed E-state index contributed by atoms with van der Waals surface area (Å²) in [4.78, 5) is 23.1. The third kappa shape index (κ3) is 11.3. The highest BCUT2D eigenvalue weighted by Crippen LogP contribution is 2.20. The number of hydrogen-bond acceptors (Lipinski definition) is 3. The number of para-hydroxylation sites is 1. The van der Waals surface area contributed by atoms with Crippen molar-refractivity contribution in [3.63, 3.8) is 0 Å². The van der Waals surface area contributed by atoms with Gasteiger partial charge in [0.05, 0.1) is 0 Å². The van der Waals surface area contributed by atoms with E-state index in [0.717, 1.165) is 19.3 Å². The monoisotopic (exact) mass is 410 g/mol. The van der Waals surface area contributed by atoms with Crippen LogP contribution in [0.4, 0.5) is 0 Å². The van der Waals surface area contributed by atoms with Crippen LogP contribution in [0.5, 0.6) is 5.75 Å². The predicted octanol–water partition coefficient (Wildman–Crippen LogP) is 6.99. The molecule has 0 aliphatic heterocycles. The first-order valence-corrected chi connectivity index (χ1v) is 11.1. The smallest absolute Gasteiger partial charge is 0.339 e. The quantitative estimate of drug-likeness (QED) is 0.138. The maximum absolute atomic E-state index is 11.9. The number of unbranched alkanes of at least 4 members (excludes halogenated alkanes) is 8. The normalized spacial score (nSPS) is 11.9. The second-order valence-corrected chi connectivity index (χ2v) is 8.00. The van der Waals surface area contributed by atoms with Crippen molar-refractivity contribution >= 4 is 23.5 Å². The fraction of sp³-hybridized carbons (Fsp3) is 0.652. The minimum Gasteiger partial charge on any atom is -0.478 e. The van der Waals surface area contributed by atoms with Crippen LogP contribution in [0.2, 0.25) is 0 Å². The van der Waals surface area contributed by atoms with E-state index in [-0.39, 0.29) is 23.1 Å². The molecule has 28 heavy (non-hydrogen) atoms. The second-order valence-electron chi connectivity index (χ2n) is 7.38. The highest BCUT2D eigenvalue weighted by Gasteiger charge is 2.14. The van der Waals surface area contributed by atoms with Gasteiger partial charge in [0, 0.05) is 11.8 Å². The minimum atomic E-state index is -1.11. The van der Waals surface area contributed by atoms with Crippen molar-refractivity contribution in [3.05, 3.63) is 29.8 Å². The number of carbonyl (C=O) groups excluding carboxylic acids is 1. The summed E-state index contributed by atoms with van der Waals surface area (Å²) in [6, 6.07) is 6.17. The zero-order valence-corrected chi connectivity index (χ0v) is 17.9. The topological polar surface area (TPSA) is 63.6 Å². The van der Waals surface area contributed by atoms with E-state index in [0.29, 0.717) is 6.42 Å². The largest absolute Gasteiger partial charge is 0.478 e. The van der Waals surface area contributed by atoms with E-state index >= 15 is 0 Å². The summed E-state index contributed by atoms with van der Waals surface area (Å²) in [5, 5.41) is 9.19. The molecule has 0 bridgehead atoms. The number of carboxylic acids is 1. The van der Waals surface area contributed by atoms with Crippen LogP contribution in [0.3, 0.4) is 0 Å². The fourth-order valence-corrected chi connectivity index (χ4v) is 3.50. The number of halogens is 1. The maximum Gasteiger partial charge on any atom is 0.339 e. The van der Waals surface area contributed by atoms with Gasteiger partial charge in [-0.25, -0.2) is 4.79 Å². The van der Waals surface area contributed by atoms with Crippen LogP contribution in [-0.4, -0.2) is 22.4 Å². The summed E-state index contributed by atoms with van der Waals surface area (Å²) in [5.41, 5.74) is -0.00330. The Bertz CT molecular complexity index is 573. The molecule has 0 spiro atoms. The molecule has 0 fully saturated rings. The first kappa shape index (κ1) is 24.5. The lowest BCUT2D eigenvalue weighted by atomic mass is 10.0. The lowest BCUT2D eigenvalue weighted by molar-refractivity contribution is -0.134. The van der Waals surface area contributed by atoms with E-state index in [1.54, 1.807) is 12.1 Å². The number of benzene rings is 1. The molecular formula is C23H35ClO4. The van der Waals surface area contributed by atoms with Crippen LogP contribution < -0.4 is 4.74 Å². The molecule has 0 heterocycles. The highest BCUT2D eigenvalue weighted by molar-refractivity contribution is 6.20. The van der Waals surface area contributed by atoms with E-state index in [9.17, 15) is 9.59 Å². The summed E-state index contributed by atoms with van der Waals surface area (Å²) < 4.78 is 5.19. The molecule has 158 valence electrons. The summed E-state index contributed by atoms with van der Waals surface area (Å²) in [6.07, 6.45) is 14.3. The molecule has 1 N–H and O–H groups in total. The minimum absolute atomic E-state index is 0.00330. The van der Waals surface area contributed by atoms with Crippen LogP contribution in [0, 0.1) is 0 Å². The molecule has 4 nitrogen and oxygen atoms in total. The number of ether oxygens (including phenoxy) is 1. The van der Waals surface area contributed by atoms with Crippen molar-refractivity contribution in [1.29, 1.82) is 0 Å². The third-order valence-corrected chi connectivity index (χ3v) is 5.30. The Balaban J connectivity index is 2.07. The average Bonchev–Trinajstić information content (AvgIpc) is 2.67. The van der Waals surface area contributed by atoms with E-state index < -0.39 is 11.9 Å². The van der Waals surface area contributed by atoms with Gasteiger partial charge in [-0.15, -0.1) is 11.6 Å². The Morgan fingerprint density at radius 3 is 2.14 bits per heavy atom. The number of rotatable bonds is 16. The Hall–Kier alpha value is -1.55. The predicted molar refractivity (Wildman–Crippen MR) is 114 cm³/mol. The molecule has 0 aliphatic rings. The van der Waals surface area contributed by atoms with Crippen molar-refractivity contribution in [1.82, 2.24) is 0 Å². The molecule has 0 amide bonds. The van der Waals surface area contributed by atoms with Gasteiger partial charge in [-0.3, -0.25) is 4.79 Å². The van der Waals surface area contributed by atoms with E-state index in [1.807, 2.05) is 0 Å². The van der Waals surface area contributed by atoms with E-state index in [2.05, 4.69) is 6.92 Å². The number of hydrogen-bond donors (Lipinski definition) is 1. The van der Waals surface area contributed by atoms with Crippen LogP contribution in [0.15, 0.2) is 24.3 Å². The number of alkyl halides is 1. The van der Waals surface area contributed by atoms with Crippen molar-refractivity contribution in [3.8, 4) is 5.75 Å². The Morgan fingerprint density at radius 1 is 0.929 bits per heavy atom. The van der Waals surface area contributed by atoms with Gasteiger partial charge in [0.1, 0.15) is 11.3 Å². The summed E-state index contributed by atoms with van der Waals surface area (Å²) in [5.74, 6) is -1.43. The summed E-state index contributed by atoms with van der Waals surface area (Å²) >= 11 is 6.36. The van der Waals surface area contributed by atoms with Gasteiger partial charge in [-0.1, -0.05) is 76.8 Å². The Morgan fingerprint density at radius 2 is 1.50 bits per heavy atom. The van der Waals surface area contributed by atoms with Crippen molar-refractivity contribution in [2.45, 2.75) is 95.8 Å². The van der Waals surface area contributed by atoms with Gasteiger partial charge < -0.3 is 9.84 Å². The molecule has 1 rings (SSSR count). The van der Waals surface area contributed by atoms with Crippen molar-refractivity contribution in [2.24, 2.45) is 0 Å². The van der Waals surface area contributed by atoms with Gasteiger partial charge in [-0.2, -0.15) is 0 Å². The van der Waals surface area contributed by atoms with Crippen LogP contribution in [0.25, 0.3) is 0 Å². The van der Waals surface area contributed by atoms with Gasteiger partial charge in [-0.05, 0) is 31.4 Å². The van der Waals surface area contributed by atoms with Crippen LogP contribution in [-0.2, 0) is 4.79 Å². The SMILES string of the molecule is CCCCCCCCCCCC(Cl)CCCC(=O)Oc1ccccc1C(=O)O. The third-order valence-electron chi connectivity index (χ3n) is 4.86. The molecule has 1 atom stereocenters. The number of carboxylic acid groups (broad SMARTS) is 1. The molecule has 0 saturated heterocycles. The summed E-state index contributed by atoms with van der Waals surface area (Å²) in [6.45, 7) is 2.24. The second kappa shape index (κ2) is 15.4. The van der Waals surface area contributed by atoms with Crippen molar-refractivity contribution < 1.29 is 19.4 Å². The molecule has 0 saturated carbocycles. The molecule has 0 aromatic heterocycles. The molecule has 0 aliphatic carbocycles. The maximum atomic E-state index is 11.9. The van der Waals surface area contributed by atoms with Gasteiger partial charge in [0.2, 0.25) is 0 Å². The lowest BCUT2D eigenvalue weighted by Gasteiger charge is -2.10. The van der Waals surface area contributed by atoms with Gasteiger partial charge >= 0.3 is 11.9 Å². The fourth-order valence-electron chi connectivity index (χ4n) is 3.19. The number of esters is 1. The van der Waals surface area contributed by atoms with E-state index in [4.69, 9.17) is 21.4 Å². The molecule has 1 aromatic carbocycles. The zero-order valence-electron chi connectivity index (χ0n) is 17.1. The molecule has 0 radical (unpaired) electrons. The van der Waals surface area contributed by atoms with Crippen molar-refractivity contribution in [2.75, 3.05) is 0 Å². The average molecular weight is 411 g/mol.